The van der Waals surface area contributed by atoms with Crippen molar-refractivity contribution in [2.45, 2.75) is 19.4 Å². The van der Waals surface area contributed by atoms with E-state index in [1.165, 1.54) is 6.42 Å². The van der Waals surface area contributed by atoms with Crippen LogP contribution in [-0.4, -0.2) is 30.7 Å². The van der Waals surface area contributed by atoms with Crippen LogP contribution in [0.25, 0.3) is 11.0 Å². The molecule has 2 saturated heterocycles. The van der Waals surface area contributed by atoms with Gasteiger partial charge in [0.05, 0.1) is 11.6 Å². The number of fused-ring (bicyclic) bond motifs is 2. The van der Waals surface area contributed by atoms with Crippen molar-refractivity contribution in [2.75, 3.05) is 24.5 Å². The first-order valence-corrected chi connectivity index (χ1v) is 7.18. The van der Waals surface area contributed by atoms with Crippen LogP contribution < -0.4 is 10.2 Å². The van der Waals surface area contributed by atoms with Crippen LogP contribution in [0.2, 0.25) is 0 Å². The largest absolute Gasteiger partial charge is 0.464 e. The zero-order chi connectivity index (χ0) is 12.8. The molecule has 0 aliphatic carbocycles. The fourth-order valence-corrected chi connectivity index (χ4v) is 3.90. The van der Waals surface area contributed by atoms with E-state index in [4.69, 9.17) is 4.42 Å². The van der Waals surface area contributed by atoms with Crippen molar-refractivity contribution in [3.63, 3.8) is 0 Å². The molecule has 3 atom stereocenters. The van der Waals surface area contributed by atoms with Crippen LogP contribution in [0.1, 0.15) is 13.3 Å². The van der Waals surface area contributed by atoms with Crippen LogP contribution in [0.15, 0.2) is 29.0 Å². The van der Waals surface area contributed by atoms with Gasteiger partial charge >= 0.3 is 0 Å². The second-order valence-corrected chi connectivity index (χ2v) is 5.68. The number of nitrogens with zero attached hydrogens (tertiary/aromatic N) is 2. The number of anilines is 1. The van der Waals surface area contributed by atoms with Crippen molar-refractivity contribution < 1.29 is 4.42 Å². The van der Waals surface area contributed by atoms with E-state index < -0.39 is 0 Å². The third-order valence-corrected chi connectivity index (χ3v) is 4.77. The maximum atomic E-state index is 5.50. The lowest BCUT2D eigenvalue weighted by molar-refractivity contribution is 0.441. The smallest absolute Gasteiger partial charge is 0.139 e. The molecule has 4 rings (SSSR count). The number of rotatable bonds is 2. The minimum absolute atomic E-state index is 0.605. The number of furan rings is 1. The summed E-state index contributed by atoms with van der Waals surface area (Å²) in [5.74, 6) is 2.65. The summed E-state index contributed by atoms with van der Waals surface area (Å²) in [6, 6.07) is 4.59. The number of pyridine rings is 1. The lowest BCUT2D eigenvalue weighted by Gasteiger charge is -2.28. The Morgan fingerprint density at radius 2 is 2.37 bits per heavy atom. The zero-order valence-corrected chi connectivity index (χ0v) is 11.2. The van der Waals surface area contributed by atoms with Crippen LogP contribution in [0.4, 0.5) is 5.82 Å². The summed E-state index contributed by atoms with van der Waals surface area (Å²) in [6.07, 6.45) is 4.80. The second-order valence-electron chi connectivity index (χ2n) is 5.68. The van der Waals surface area contributed by atoms with Gasteiger partial charge in [-0.1, -0.05) is 6.92 Å². The van der Waals surface area contributed by atoms with Crippen LogP contribution >= 0.6 is 0 Å². The molecular weight excluding hydrogens is 238 g/mol. The molecule has 0 saturated carbocycles. The van der Waals surface area contributed by atoms with Crippen molar-refractivity contribution in [2.24, 2.45) is 11.8 Å². The number of hydrogen-bond donors (Lipinski definition) is 1. The van der Waals surface area contributed by atoms with Crippen LogP contribution in [0.5, 0.6) is 0 Å². The van der Waals surface area contributed by atoms with Gasteiger partial charge in [-0.15, -0.1) is 0 Å². The Balaban J connectivity index is 1.77. The first-order valence-electron chi connectivity index (χ1n) is 7.18. The Kier molecular flexibility index (Phi) is 2.52. The third-order valence-electron chi connectivity index (χ3n) is 4.77. The van der Waals surface area contributed by atoms with Crippen LogP contribution in [-0.2, 0) is 0 Å². The molecule has 4 nitrogen and oxygen atoms in total. The molecule has 4 heteroatoms. The molecule has 100 valence electrons. The highest BCUT2D eigenvalue weighted by Crippen LogP contribution is 2.39. The summed E-state index contributed by atoms with van der Waals surface area (Å²) >= 11 is 0. The van der Waals surface area contributed by atoms with Crippen molar-refractivity contribution in [3.8, 4) is 0 Å². The molecule has 4 heterocycles. The molecule has 3 unspecified atom stereocenters. The number of hydrogen-bond acceptors (Lipinski definition) is 4. The molecule has 2 aliphatic heterocycles. The maximum Gasteiger partial charge on any atom is 0.139 e. The van der Waals surface area contributed by atoms with Gasteiger partial charge in [-0.3, -0.25) is 0 Å². The Labute approximate surface area is 112 Å². The topological polar surface area (TPSA) is 41.3 Å². The van der Waals surface area contributed by atoms with Crippen molar-refractivity contribution in [1.29, 1.82) is 0 Å². The normalized spacial score (nSPS) is 30.2. The van der Waals surface area contributed by atoms with Gasteiger partial charge in [0.2, 0.25) is 0 Å². The van der Waals surface area contributed by atoms with Crippen molar-refractivity contribution in [3.05, 3.63) is 24.6 Å². The van der Waals surface area contributed by atoms with E-state index in [1.54, 1.807) is 6.26 Å². The zero-order valence-electron chi connectivity index (χ0n) is 11.2. The van der Waals surface area contributed by atoms with Gasteiger partial charge in [0, 0.05) is 31.9 Å². The van der Waals surface area contributed by atoms with E-state index in [2.05, 4.69) is 22.1 Å². The van der Waals surface area contributed by atoms with Gasteiger partial charge in [-0.25, -0.2) is 4.98 Å². The lowest BCUT2D eigenvalue weighted by atomic mass is 9.93. The van der Waals surface area contributed by atoms with Gasteiger partial charge in [0.15, 0.2) is 0 Å². The third kappa shape index (κ3) is 1.59. The molecule has 1 N–H and O–H groups in total. The highest BCUT2D eigenvalue weighted by molar-refractivity contribution is 5.88. The van der Waals surface area contributed by atoms with E-state index in [0.717, 1.165) is 48.3 Å². The van der Waals surface area contributed by atoms with Gasteiger partial charge in [0.1, 0.15) is 11.4 Å². The van der Waals surface area contributed by atoms with Gasteiger partial charge in [-0.05, 0) is 30.4 Å². The summed E-state index contributed by atoms with van der Waals surface area (Å²) in [7, 11) is 0. The number of nitrogens with one attached hydrogen (secondary N) is 1. The average molecular weight is 257 g/mol. The summed E-state index contributed by atoms with van der Waals surface area (Å²) in [5.41, 5.74) is 0.940. The predicted molar refractivity (Wildman–Crippen MR) is 75.3 cm³/mol. The minimum Gasteiger partial charge on any atom is -0.464 e. The van der Waals surface area contributed by atoms with Crippen LogP contribution in [0.3, 0.4) is 0 Å². The quantitative estimate of drug-likeness (QED) is 0.896. The van der Waals surface area contributed by atoms with Crippen molar-refractivity contribution in [1.82, 2.24) is 10.3 Å². The standard InChI is InChI=1S/C15H19N3O/c1-2-13-12-8-16-7-10(12)9-18(13)15-11-4-6-19-14(11)3-5-17-15/h3-6,10,12-13,16H,2,7-9H2,1H3. The summed E-state index contributed by atoms with van der Waals surface area (Å²) < 4.78 is 5.50. The monoisotopic (exact) mass is 257 g/mol. The number of aromatic nitrogens is 1. The average Bonchev–Trinajstić information content (AvgIpc) is 3.12. The highest BCUT2D eigenvalue weighted by atomic mass is 16.3. The van der Waals surface area contributed by atoms with E-state index in [-0.39, 0.29) is 0 Å². The SMILES string of the molecule is CCC1C2CNCC2CN1c1nccc2occc12. The highest BCUT2D eigenvalue weighted by Gasteiger charge is 2.44. The fraction of sp³-hybridized carbons (Fsp3) is 0.533. The van der Waals surface area contributed by atoms with E-state index >= 15 is 0 Å². The molecule has 2 aliphatic rings. The Hall–Kier alpha value is -1.55. The van der Waals surface area contributed by atoms with E-state index in [0.29, 0.717) is 6.04 Å². The van der Waals surface area contributed by atoms with Gasteiger partial charge in [0.25, 0.3) is 0 Å². The molecule has 0 amide bonds. The fourth-order valence-electron chi connectivity index (χ4n) is 3.90. The Morgan fingerprint density at radius 3 is 3.26 bits per heavy atom. The minimum atomic E-state index is 0.605. The summed E-state index contributed by atoms with van der Waals surface area (Å²) in [5, 5.41) is 4.67. The molecule has 19 heavy (non-hydrogen) atoms. The molecule has 2 aromatic heterocycles. The van der Waals surface area contributed by atoms with E-state index in [1.807, 2.05) is 18.3 Å². The van der Waals surface area contributed by atoms with Gasteiger partial charge in [-0.2, -0.15) is 0 Å². The molecule has 2 fully saturated rings. The first-order chi connectivity index (χ1) is 9.38. The molecule has 0 spiro atoms. The van der Waals surface area contributed by atoms with Crippen LogP contribution in [0, 0.1) is 11.8 Å². The predicted octanol–water partition coefficient (Wildman–Crippen LogP) is 2.26. The molecule has 0 aromatic carbocycles. The Morgan fingerprint density at radius 1 is 1.42 bits per heavy atom. The van der Waals surface area contributed by atoms with E-state index in [9.17, 15) is 0 Å². The molecule has 0 bridgehead atoms. The van der Waals surface area contributed by atoms with Crippen molar-refractivity contribution >= 4 is 16.8 Å². The van der Waals surface area contributed by atoms with Gasteiger partial charge < -0.3 is 14.6 Å². The lowest BCUT2D eigenvalue weighted by Crippen LogP contribution is -2.35. The molecule has 0 radical (unpaired) electrons. The first kappa shape index (κ1) is 11.3. The summed E-state index contributed by atoms with van der Waals surface area (Å²) in [6.45, 7) is 5.71. The molecular formula is C15H19N3O. The Bertz CT molecular complexity index is 594. The second kappa shape index (κ2) is 4.23. The molecule has 2 aromatic rings. The summed E-state index contributed by atoms with van der Waals surface area (Å²) in [4.78, 5) is 7.14. The maximum absolute atomic E-state index is 5.50.